The molecule has 1 aromatic rings. The van der Waals surface area contributed by atoms with E-state index in [4.69, 9.17) is 16.7 Å². The van der Waals surface area contributed by atoms with Crippen LogP contribution in [0.2, 0.25) is 5.02 Å². The third-order valence-corrected chi connectivity index (χ3v) is 3.61. The molecule has 1 saturated heterocycles. The van der Waals surface area contributed by atoms with E-state index >= 15 is 0 Å². The maximum atomic E-state index is 13.6. The van der Waals surface area contributed by atoms with Crippen molar-refractivity contribution in [3.05, 3.63) is 34.6 Å². The highest BCUT2D eigenvalue weighted by Gasteiger charge is 2.30. The maximum Gasteiger partial charge on any atom is 0.308 e. The van der Waals surface area contributed by atoms with Gasteiger partial charge in [-0.3, -0.25) is 9.59 Å². The molecule has 1 aliphatic heterocycles. The molecule has 1 amide bonds. The summed E-state index contributed by atoms with van der Waals surface area (Å²) in [4.78, 5) is 24.1. The van der Waals surface area contributed by atoms with Crippen LogP contribution in [0.5, 0.6) is 0 Å². The van der Waals surface area contributed by atoms with Crippen LogP contribution in [0.4, 0.5) is 4.39 Å². The minimum Gasteiger partial charge on any atom is -0.481 e. The Balaban J connectivity index is 2.17. The molecule has 1 heterocycles. The molecule has 1 aromatic carbocycles. The van der Waals surface area contributed by atoms with Gasteiger partial charge in [0.1, 0.15) is 5.82 Å². The Morgan fingerprint density at radius 3 is 2.89 bits per heavy atom. The zero-order chi connectivity index (χ0) is 14.0. The van der Waals surface area contributed by atoms with Gasteiger partial charge in [0.05, 0.1) is 12.5 Å². The van der Waals surface area contributed by atoms with Gasteiger partial charge in [-0.15, -0.1) is 0 Å². The summed E-state index contributed by atoms with van der Waals surface area (Å²) in [6, 6.07) is 4.30. The number of carboxylic acid groups (broad SMARTS) is 1. The first-order chi connectivity index (χ1) is 8.99. The number of piperidine rings is 1. The average molecular weight is 286 g/mol. The summed E-state index contributed by atoms with van der Waals surface area (Å²) in [5.41, 5.74) is 0.226. The van der Waals surface area contributed by atoms with Crippen LogP contribution in [0.1, 0.15) is 18.4 Å². The first-order valence-electron chi connectivity index (χ1n) is 5.92. The summed E-state index contributed by atoms with van der Waals surface area (Å²) in [5.74, 6) is -2.19. The molecule has 4 nitrogen and oxygen atoms in total. The Morgan fingerprint density at radius 2 is 2.26 bits per heavy atom. The summed E-state index contributed by atoms with van der Waals surface area (Å²) < 4.78 is 13.6. The van der Waals surface area contributed by atoms with Crippen LogP contribution >= 0.6 is 11.6 Å². The van der Waals surface area contributed by atoms with Crippen LogP contribution in [0, 0.1) is 11.7 Å². The van der Waals surface area contributed by atoms with E-state index in [2.05, 4.69) is 0 Å². The largest absolute Gasteiger partial charge is 0.481 e. The van der Waals surface area contributed by atoms with E-state index in [0.717, 1.165) is 0 Å². The number of hydrogen-bond donors (Lipinski definition) is 1. The number of aliphatic carboxylic acids is 1. The fourth-order valence-electron chi connectivity index (χ4n) is 2.14. The minimum atomic E-state index is -0.933. The molecule has 0 spiro atoms. The van der Waals surface area contributed by atoms with Crippen molar-refractivity contribution in [2.45, 2.75) is 19.4 Å². The van der Waals surface area contributed by atoms with Gasteiger partial charge in [-0.1, -0.05) is 17.7 Å². The lowest BCUT2D eigenvalue weighted by molar-refractivity contribution is -0.147. The predicted molar refractivity (Wildman–Crippen MR) is 67.2 cm³/mol. The van der Waals surface area contributed by atoms with Gasteiger partial charge in [0, 0.05) is 23.6 Å². The van der Waals surface area contributed by atoms with Gasteiger partial charge in [0.2, 0.25) is 5.91 Å². The predicted octanol–water partition coefficient (Wildman–Crippen LogP) is 2.30. The molecule has 6 heteroatoms. The Bertz CT molecular complexity index is 500. The zero-order valence-corrected chi connectivity index (χ0v) is 10.9. The van der Waals surface area contributed by atoms with Crippen LogP contribution < -0.4 is 0 Å². The molecular weight excluding hydrogens is 273 g/mol. The Morgan fingerprint density at radius 1 is 1.53 bits per heavy atom. The van der Waals surface area contributed by atoms with Crippen molar-refractivity contribution in [3.8, 4) is 0 Å². The third-order valence-electron chi connectivity index (χ3n) is 3.26. The van der Waals surface area contributed by atoms with E-state index in [0.29, 0.717) is 6.42 Å². The number of carbonyl (C=O) groups is 2. The molecule has 0 aliphatic carbocycles. The number of carbonyl (C=O) groups excluding carboxylic acids is 1. The summed E-state index contributed by atoms with van der Waals surface area (Å²) in [6.07, 6.45) is 0.499. The lowest BCUT2D eigenvalue weighted by Crippen LogP contribution is -2.42. The highest BCUT2D eigenvalue weighted by molar-refractivity contribution is 6.31. The second kappa shape index (κ2) is 5.57. The first kappa shape index (κ1) is 13.8. The van der Waals surface area contributed by atoms with Crippen LogP contribution in [0.25, 0.3) is 0 Å². The van der Waals surface area contributed by atoms with Crippen molar-refractivity contribution in [3.63, 3.8) is 0 Å². The Labute approximate surface area is 114 Å². The van der Waals surface area contributed by atoms with Crippen molar-refractivity contribution in [2.24, 2.45) is 5.92 Å². The molecule has 1 unspecified atom stereocenters. The molecule has 102 valence electrons. The van der Waals surface area contributed by atoms with Crippen LogP contribution in [0.15, 0.2) is 18.2 Å². The number of halogens is 2. The molecule has 1 fully saturated rings. The normalized spacial score (nSPS) is 19.6. The topological polar surface area (TPSA) is 57.6 Å². The van der Waals surface area contributed by atoms with Crippen molar-refractivity contribution in [1.29, 1.82) is 0 Å². The van der Waals surface area contributed by atoms with Crippen LogP contribution in [0.3, 0.4) is 0 Å². The van der Waals surface area contributed by atoms with Crippen LogP contribution in [-0.4, -0.2) is 28.4 Å². The number of amides is 1. The van der Waals surface area contributed by atoms with Gasteiger partial charge in [-0.05, 0) is 18.6 Å². The number of rotatable bonds is 3. The second-order valence-electron chi connectivity index (χ2n) is 4.55. The SMILES string of the molecule is O=C(O)C1CCC(=O)N(Cc2c(F)cccc2Cl)C1. The van der Waals surface area contributed by atoms with E-state index < -0.39 is 17.7 Å². The van der Waals surface area contributed by atoms with Gasteiger partial charge in [-0.25, -0.2) is 4.39 Å². The quantitative estimate of drug-likeness (QED) is 0.927. The molecule has 1 aliphatic rings. The lowest BCUT2D eigenvalue weighted by Gasteiger charge is -2.31. The highest BCUT2D eigenvalue weighted by atomic mass is 35.5. The van der Waals surface area contributed by atoms with E-state index in [1.54, 1.807) is 6.07 Å². The third kappa shape index (κ3) is 3.04. The van der Waals surface area contributed by atoms with Crippen molar-refractivity contribution in [2.75, 3.05) is 6.54 Å². The maximum absolute atomic E-state index is 13.6. The van der Waals surface area contributed by atoms with E-state index in [1.165, 1.54) is 17.0 Å². The van der Waals surface area contributed by atoms with E-state index in [1.807, 2.05) is 0 Å². The molecule has 1 N–H and O–H groups in total. The molecule has 0 aromatic heterocycles. The van der Waals surface area contributed by atoms with Crippen molar-refractivity contribution >= 4 is 23.5 Å². The van der Waals surface area contributed by atoms with Gasteiger partial charge in [-0.2, -0.15) is 0 Å². The highest BCUT2D eigenvalue weighted by Crippen LogP contribution is 2.24. The summed E-state index contributed by atoms with van der Waals surface area (Å²) in [7, 11) is 0. The molecular formula is C13H13ClFNO3. The summed E-state index contributed by atoms with van der Waals surface area (Å²) in [6.45, 7) is 0.104. The number of nitrogens with zero attached hydrogens (tertiary/aromatic N) is 1. The molecule has 0 radical (unpaired) electrons. The smallest absolute Gasteiger partial charge is 0.308 e. The number of likely N-dealkylation sites (tertiary alicyclic amines) is 1. The van der Waals surface area contributed by atoms with Gasteiger partial charge >= 0.3 is 5.97 Å². The average Bonchev–Trinajstić information content (AvgIpc) is 2.35. The van der Waals surface area contributed by atoms with Gasteiger partial charge in [0.25, 0.3) is 0 Å². The Hall–Kier alpha value is -1.62. The van der Waals surface area contributed by atoms with E-state index in [-0.39, 0.29) is 36.0 Å². The van der Waals surface area contributed by atoms with Crippen molar-refractivity contribution in [1.82, 2.24) is 4.90 Å². The first-order valence-corrected chi connectivity index (χ1v) is 6.30. The molecule has 0 bridgehead atoms. The monoisotopic (exact) mass is 285 g/mol. The van der Waals surface area contributed by atoms with Gasteiger partial charge in [0.15, 0.2) is 0 Å². The van der Waals surface area contributed by atoms with Crippen LogP contribution in [-0.2, 0) is 16.1 Å². The number of benzene rings is 1. The number of hydrogen-bond acceptors (Lipinski definition) is 2. The standard InChI is InChI=1S/C13H13ClFNO3/c14-10-2-1-3-11(15)9(10)7-16-6-8(13(18)19)4-5-12(16)17/h1-3,8H,4-7H2,(H,18,19). The zero-order valence-electron chi connectivity index (χ0n) is 10.1. The Kier molecular flexibility index (Phi) is 4.04. The van der Waals surface area contributed by atoms with E-state index in [9.17, 15) is 14.0 Å². The summed E-state index contributed by atoms with van der Waals surface area (Å²) in [5, 5.41) is 9.22. The molecule has 0 saturated carbocycles. The fourth-order valence-corrected chi connectivity index (χ4v) is 2.37. The molecule has 1 atom stereocenters. The lowest BCUT2D eigenvalue weighted by atomic mass is 9.97. The van der Waals surface area contributed by atoms with Gasteiger partial charge < -0.3 is 10.0 Å². The molecule has 19 heavy (non-hydrogen) atoms. The number of carboxylic acids is 1. The van der Waals surface area contributed by atoms with Crippen molar-refractivity contribution < 1.29 is 19.1 Å². The second-order valence-corrected chi connectivity index (χ2v) is 4.96. The minimum absolute atomic E-state index is 0.00806. The summed E-state index contributed by atoms with van der Waals surface area (Å²) >= 11 is 5.90. The fraction of sp³-hybridized carbons (Fsp3) is 0.385. The molecule has 2 rings (SSSR count).